The standard InChI is InChI=1S/C17H32N4/c1-4-9-20(12-16-11-19-21(5-2)13-16)17(14-18)8-6-7-15(3)10-17/h11,13,15H,4-10,12,14,18H2,1-3H3. The number of aromatic nitrogens is 2. The molecule has 1 fully saturated rings. The second-order valence-electron chi connectivity index (χ2n) is 6.76. The Morgan fingerprint density at radius 1 is 1.48 bits per heavy atom. The molecule has 2 N–H and O–H groups in total. The van der Waals surface area contributed by atoms with Gasteiger partial charge in [0.25, 0.3) is 0 Å². The molecule has 1 heterocycles. The third-order valence-electron chi connectivity index (χ3n) is 5.00. The quantitative estimate of drug-likeness (QED) is 0.840. The molecule has 0 aliphatic heterocycles. The molecule has 2 atom stereocenters. The lowest BCUT2D eigenvalue weighted by molar-refractivity contribution is 0.0321. The van der Waals surface area contributed by atoms with Gasteiger partial charge in [0, 0.05) is 36.9 Å². The molecule has 0 radical (unpaired) electrons. The van der Waals surface area contributed by atoms with Crippen molar-refractivity contribution in [2.24, 2.45) is 11.7 Å². The van der Waals surface area contributed by atoms with Crippen LogP contribution in [0, 0.1) is 5.92 Å². The van der Waals surface area contributed by atoms with Crippen LogP contribution in [0.25, 0.3) is 0 Å². The molecule has 1 saturated carbocycles. The lowest BCUT2D eigenvalue weighted by Crippen LogP contribution is -2.56. The van der Waals surface area contributed by atoms with Gasteiger partial charge in [-0.25, -0.2) is 0 Å². The number of hydrogen-bond acceptors (Lipinski definition) is 3. The fraction of sp³-hybridized carbons (Fsp3) is 0.824. The molecule has 2 rings (SSSR count). The van der Waals surface area contributed by atoms with Gasteiger partial charge in [-0.2, -0.15) is 5.10 Å². The van der Waals surface area contributed by atoms with Crippen molar-refractivity contribution in [2.45, 2.75) is 71.5 Å². The van der Waals surface area contributed by atoms with Crippen molar-refractivity contribution in [1.82, 2.24) is 14.7 Å². The SMILES string of the molecule is CCCN(Cc1cnn(CC)c1)C1(CN)CCCC(C)C1. The zero-order valence-corrected chi connectivity index (χ0v) is 14.0. The molecule has 120 valence electrons. The maximum absolute atomic E-state index is 6.25. The second-order valence-corrected chi connectivity index (χ2v) is 6.76. The third kappa shape index (κ3) is 3.86. The highest BCUT2D eigenvalue weighted by Gasteiger charge is 2.38. The van der Waals surface area contributed by atoms with Gasteiger partial charge in [0.05, 0.1) is 6.20 Å². The summed E-state index contributed by atoms with van der Waals surface area (Å²) in [6.07, 6.45) is 10.5. The molecular weight excluding hydrogens is 260 g/mol. The first-order valence-electron chi connectivity index (χ1n) is 8.60. The summed E-state index contributed by atoms with van der Waals surface area (Å²) in [6.45, 7) is 10.6. The van der Waals surface area contributed by atoms with Crippen LogP contribution in [0.5, 0.6) is 0 Å². The molecule has 4 nitrogen and oxygen atoms in total. The van der Waals surface area contributed by atoms with Crippen LogP contribution in [-0.4, -0.2) is 33.3 Å². The van der Waals surface area contributed by atoms with Crippen LogP contribution in [0.4, 0.5) is 0 Å². The van der Waals surface area contributed by atoms with Crippen molar-refractivity contribution >= 4 is 0 Å². The normalized spacial score (nSPS) is 26.4. The van der Waals surface area contributed by atoms with E-state index in [4.69, 9.17) is 5.73 Å². The molecule has 0 bridgehead atoms. The Morgan fingerprint density at radius 3 is 2.86 bits per heavy atom. The predicted octanol–water partition coefficient (Wildman–Crippen LogP) is 3.02. The van der Waals surface area contributed by atoms with Gasteiger partial charge in [-0.1, -0.05) is 26.7 Å². The highest BCUT2D eigenvalue weighted by atomic mass is 15.3. The monoisotopic (exact) mass is 292 g/mol. The number of nitrogens with two attached hydrogens (primary N) is 1. The zero-order valence-electron chi connectivity index (χ0n) is 14.0. The fourth-order valence-corrected chi connectivity index (χ4v) is 3.87. The minimum absolute atomic E-state index is 0.196. The fourth-order valence-electron chi connectivity index (χ4n) is 3.87. The van der Waals surface area contributed by atoms with Crippen LogP contribution >= 0.6 is 0 Å². The van der Waals surface area contributed by atoms with E-state index in [1.165, 1.54) is 37.7 Å². The Kier molecular flexibility index (Phi) is 5.82. The molecule has 1 aromatic rings. The maximum Gasteiger partial charge on any atom is 0.0534 e. The van der Waals surface area contributed by atoms with Crippen molar-refractivity contribution in [3.63, 3.8) is 0 Å². The molecule has 1 aromatic heterocycles. The molecule has 0 aromatic carbocycles. The van der Waals surface area contributed by atoms with E-state index >= 15 is 0 Å². The summed E-state index contributed by atoms with van der Waals surface area (Å²) < 4.78 is 2.01. The summed E-state index contributed by atoms with van der Waals surface area (Å²) in [5.74, 6) is 0.792. The highest BCUT2D eigenvalue weighted by Crippen LogP contribution is 2.37. The topological polar surface area (TPSA) is 47.1 Å². The van der Waals surface area contributed by atoms with E-state index in [1.807, 2.05) is 10.9 Å². The van der Waals surface area contributed by atoms with Gasteiger partial charge in [-0.15, -0.1) is 0 Å². The molecule has 1 aliphatic carbocycles. The molecule has 0 saturated heterocycles. The number of nitrogens with zero attached hydrogens (tertiary/aromatic N) is 3. The molecule has 2 unspecified atom stereocenters. The summed E-state index contributed by atoms with van der Waals surface area (Å²) in [5.41, 5.74) is 7.77. The number of rotatable bonds is 7. The Balaban J connectivity index is 2.15. The first-order chi connectivity index (χ1) is 10.1. The van der Waals surface area contributed by atoms with E-state index in [2.05, 4.69) is 37.0 Å². The Labute approximate surface area is 129 Å². The smallest absolute Gasteiger partial charge is 0.0534 e. The van der Waals surface area contributed by atoms with Crippen LogP contribution in [0.15, 0.2) is 12.4 Å². The van der Waals surface area contributed by atoms with E-state index in [1.54, 1.807) is 0 Å². The highest BCUT2D eigenvalue weighted by molar-refractivity contribution is 5.06. The summed E-state index contributed by atoms with van der Waals surface area (Å²) in [6, 6.07) is 0. The van der Waals surface area contributed by atoms with E-state index < -0.39 is 0 Å². The Bertz CT molecular complexity index is 428. The van der Waals surface area contributed by atoms with Gasteiger partial charge in [-0.05, 0) is 38.6 Å². The summed E-state index contributed by atoms with van der Waals surface area (Å²) in [7, 11) is 0. The second kappa shape index (κ2) is 7.41. The zero-order chi connectivity index (χ0) is 15.3. The molecule has 0 amide bonds. The van der Waals surface area contributed by atoms with Gasteiger partial charge >= 0.3 is 0 Å². The Morgan fingerprint density at radius 2 is 2.29 bits per heavy atom. The first-order valence-corrected chi connectivity index (χ1v) is 8.60. The lowest BCUT2D eigenvalue weighted by Gasteiger charge is -2.48. The average molecular weight is 292 g/mol. The van der Waals surface area contributed by atoms with Crippen LogP contribution in [-0.2, 0) is 13.1 Å². The minimum Gasteiger partial charge on any atom is -0.329 e. The van der Waals surface area contributed by atoms with Crippen LogP contribution < -0.4 is 5.73 Å². The van der Waals surface area contributed by atoms with Gasteiger partial charge in [0.1, 0.15) is 0 Å². The van der Waals surface area contributed by atoms with E-state index in [9.17, 15) is 0 Å². The largest absolute Gasteiger partial charge is 0.329 e. The van der Waals surface area contributed by atoms with E-state index in [0.29, 0.717) is 0 Å². The summed E-state index contributed by atoms with van der Waals surface area (Å²) in [5, 5.41) is 4.42. The van der Waals surface area contributed by atoms with Crippen molar-refractivity contribution in [2.75, 3.05) is 13.1 Å². The third-order valence-corrected chi connectivity index (χ3v) is 5.00. The van der Waals surface area contributed by atoms with Crippen LogP contribution in [0.1, 0.15) is 58.4 Å². The van der Waals surface area contributed by atoms with Crippen molar-refractivity contribution < 1.29 is 0 Å². The van der Waals surface area contributed by atoms with Crippen molar-refractivity contribution in [3.8, 4) is 0 Å². The van der Waals surface area contributed by atoms with Crippen LogP contribution in [0.3, 0.4) is 0 Å². The molecule has 1 aliphatic rings. The van der Waals surface area contributed by atoms with Gasteiger partial charge in [-0.3, -0.25) is 9.58 Å². The molecule has 0 spiro atoms. The van der Waals surface area contributed by atoms with Crippen LogP contribution in [0.2, 0.25) is 0 Å². The summed E-state index contributed by atoms with van der Waals surface area (Å²) >= 11 is 0. The summed E-state index contributed by atoms with van der Waals surface area (Å²) in [4.78, 5) is 2.64. The number of aryl methyl sites for hydroxylation is 1. The number of hydrogen-bond donors (Lipinski definition) is 1. The average Bonchev–Trinajstić information content (AvgIpc) is 2.94. The lowest BCUT2D eigenvalue weighted by atomic mass is 9.75. The molecule has 21 heavy (non-hydrogen) atoms. The van der Waals surface area contributed by atoms with Gasteiger partial charge in [0.2, 0.25) is 0 Å². The van der Waals surface area contributed by atoms with Crippen molar-refractivity contribution in [3.05, 3.63) is 18.0 Å². The van der Waals surface area contributed by atoms with E-state index in [0.717, 1.165) is 32.1 Å². The minimum atomic E-state index is 0.196. The maximum atomic E-state index is 6.25. The molecular formula is C17H32N4. The molecule has 4 heteroatoms. The van der Waals surface area contributed by atoms with Crippen molar-refractivity contribution in [1.29, 1.82) is 0 Å². The van der Waals surface area contributed by atoms with Gasteiger partial charge in [0.15, 0.2) is 0 Å². The van der Waals surface area contributed by atoms with E-state index in [-0.39, 0.29) is 5.54 Å². The predicted molar refractivity (Wildman–Crippen MR) is 88.0 cm³/mol. The first kappa shape index (κ1) is 16.5. The Hall–Kier alpha value is -0.870. The van der Waals surface area contributed by atoms with Gasteiger partial charge < -0.3 is 5.73 Å².